The van der Waals surface area contributed by atoms with Crippen LogP contribution in [0, 0.1) is 0 Å². The van der Waals surface area contributed by atoms with Crippen molar-refractivity contribution in [2.24, 2.45) is 0 Å². The van der Waals surface area contributed by atoms with E-state index in [1.54, 1.807) is 0 Å². The monoisotopic (exact) mass is 262 g/mol. The molecule has 2 rings (SSSR count). The maximum Gasteiger partial charge on any atom is 0.0518 e. The molecule has 19 heavy (non-hydrogen) atoms. The molecule has 1 aromatic carbocycles. The Hall–Kier alpha value is -0.900. The maximum absolute atomic E-state index is 5.57. The van der Waals surface area contributed by atoms with Crippen molar-refractivity contribution in [2.75, 3.05) is 19.7 Å². The van der Waals surface area contributed by atoms with Crippen LogP contribution in [-0.2, 0) is 11.3 Å². The molecule has 1 aliphatic heterocycles. The van der Waals surface area contributed by atoms with Crippen LogP contribution in [0.1, 0.15) is 43.9 Å². The fraction of sp³-hybridized carbons (Fsp3) is 0.625. The third kappa shape index (κ3) is 4.60. The molecule has 0 saturated carbocycles. The van der Waals surface area contributed by atoms with Crippen molar-refractivity contribution < 1.29 is 4.74 Å². The van der Waals surface area contributed by atoms with Gasteiger partial charge in [0.05, 0.1) is 6.10 Å². The Morgan fingerprint density at radius 3 is 3.05 bits per heavy atom. The van der Waals surface area contributed by atoms with Gasteiger partial charge in [0.15, 0.2) is 0 Å². The van der Waals surface area contributed by atoms with Crippen LogP contribution in [0.3, 0.4) is 0 Å². The van der Waals surface area contributed by atoms with Crippen molar-refractivity contribution in [1.29, 1.82) is 0 Å². The van der Waals surface area contributed by atoms with E-state index >= 15 is 0 Å². The van der Waals surface area contributed by atoms with Crippen molar-refractivity contribution in [1.82, 2.24) is 10.6 Å². The van der Waals surface area contributed by atoms with E-state index in [0.717, 1.165) is 39.1 Å². The number of ether oxygens (including phenoxy) is 1. The van der Waals surface area contributed by atoms with Crippen LogP contribution >= 0.6 is 0 Å². The molecule has 1 atom stereocenters. The SMILES string of the molecule is CC(C)OCCCNC1CCNCc2ccccc21. The van der Waals surface area contributed by atoms with Gasteiger partial charge < -0.3 is 15.4 Å². The number of rotatable bonds is 6. The lowest BCUT2D eigenvalue weighted by atomic mass is 9.99. The van der Waals surface area contributed by atoms with E-state index in [1.807, 2.05) is 0 Å². The first-order valence-corrected chi connectivity index (χ1v) is 7.41. The highest BCUT2D eigenvalue weighted by Gasteiger charge is 2.16. The molecule has 0 radical (unpaired) electrons. The summed E-state index contributed by atoms with van der Waals surface area (Å²) in [5, 5.41) is 7.16. The van der Waals surface area contributed by atoms with Gasteiger partial charge >= 0.3 is 0 Å². The first-order valence-electron chi connectivity index (χ1n) is 7.41. The molecule has 0 spiro atoms. The second-order valence-electron chi connectivity index (χ2n) is 5.44. The lowest BCUT2D eigenvalue weighted by Crippen LogP contribution is -2.25. The Labute approximate surface area is 116 Å². The Balaban J connectivity index is 1.83. The Kier molecular flexibility index (Phi) is 5.83. The zero-order valence-electron chi connectivity index (χ0n) is 12.1. The van der Waals surface area contributed by atoms with Crippen molar-refractivity contribution in [3.05, 3.63) is 35.4 Å². The molecule has 1 aliphatic rings. The van der Waals surface area contributed by atoms with E-state index in [0.29, 0.717) is 12.1 Å². The minimum atomic E-state index is 0.336. The summed E-state index contributed by atoms with van der Waals surface area (Å²) in [6.45, 7) is 8.10. The summed E-state index contributed by atoms with van der Waals surface area (Å²) in [5.41, 5.74) is 2.88. The minimum absolute atomic E-state index is 0.336. The summed E-state index contributed by atoms with van der Waals surface area (Å²) in [5.74, 6) is 0. The van der Waals surface area contributed by atoms with Gasteiger partial charge in [-0.1, -0.05) is 24.3 Å². The minimum Gasteiger partial charge on any atom is -0.379 e. The highest BCUT2D eigenvalue weighted by atomic mass is 16.5. The van der Waals surface area contributed by atoms with Gasteiger partial charge in [-0.3, -0.25) is 0 Å². The highest BCUT2D eigenvalue weighted by molar-refractivity contribution is 5.30. The summed E-state index contributed by atoms with van der Waals surface area (Å²) in [4.78, 5) is 0. The number of benzene rings is 1. The largest absolute Gasteiger partial charge is 0.379 e. The van der Waals surface area contributed by atoms with Gasteiger partial charge in [-0.05, 0) is 50.9 Å². The van der Waals surface area contributed by atoms with E-state index in [4.69, 9.17) is 4.74 Å². The molecule has 1 unspecified atom stereocenters. The standard InChI is InChI=1S/C16H26N2O/c1-13(2)19-11-5-9-18-16-8-10-17-12-14-6-3-4-7-15(14)16/h3-4,6-7,13,16-18H,5,8-12H2,1-2H3. The Bertz CT molecular complexity index is 379. The van der Waals surface area contributed by atoms with Crippen LogP contribution in [0.4, 0.5) is 0 Å². The van der Waals surface area contributed by atoms with Crippen LogP contribution in [0.25, 0.3) is 0 Å². The van der Waals surface area contributed by atoms with E-state index in [-0.39, 0.29) is 0 Å². The molecule has 2 N–H and O–H groups in total. The van der Waals surface area contributed by atoms with Gasteiger partial charge in [0.1, 0.15) is 0 Å². The molecule has 0 aliphatic carbocycles. The molecule has 3 heteroatoms. The molecular formula is C16H26N2O. The third-order valence-electron chi connectivity index (χ3n) is 3.52. The summed E-state index contributed by atoms with van der Waals surface area (Å²) in [6.07, 6.45) is 2.56. The van der Waals surface area contributed by atoms with Gasteiger partial charge in [-0.2, -0.15) is 0 Å². The molecule has 0 amide bonds. The van der Waals surface area contributed by atoms with Crippen molar-refractivity contribution in [2.45, 2.75) is 45.4 Å². The zero-order valence-corrected chi connectivity index (χ0v) is 12.1. The lowest BCUT2D eigenvalue weighted by Gasteiger charge is -2.19. The summed E-state index contributed by atoms with van der Waals surface area (Å²) >= 11 is 0. The smallest absolute Gasteiger partial charge is 0.0518 e. The molecule has 1 aromatic rings. The summed E-state index contributed by atoms with van der Waals surface area (Å²) in [7, 11) is 0. The van der Waals surface area contributed by atoms with E-state index < -0.39 is 0 Å². The average Bonchev–Trinajstić information content (AvgIpc) is 2.61. The quantitative estimate of drug-likeness (QED) is 0.773. The van der Waals surface area contributed by atoms with Crippen molar-refractivity contribution >= 4 is 0 Å². The predicted molar refractivity (Wildman–Crippen MR) is 79.2 cm³/mol. The third-order valence-corrected chi connectivity index (χ3v) is 3.52. The van der Waals surface area contributed by atoms with E-state index in [9.17, 15) is 0 Å². The van der Waals surface area contributed by atoms with Crippen molar-refractivity contribution in [3.63, 3.8) is 0 Å². The van der Waals surface area contributed by atoms with Gasteiger partial charge in [0.2, 0.25) is 0 Å². The topological polar surface area (TPSA) is 33.3 Å². The second-order valence-corrected chi connectivity index (χ2v) is 5.44. The lowest BCUT2D eigenvalue weighted by molar-refractivity contribution is 0.0766. The number of nitrogens with one attached hydrogen (secondary N) is 2. The fourth-order valence-electron chi connectivity index (χ4n) is 2.54. The Morgan fingerprint density at radius 1 is 1.37 bits per heavy atom. The number of fused-ring (bicyclic) bond motifs is 1. The molecule has 0 saturated heterocycles. The molecule has 106 valence electrons. The first-order chi connectivity index (χ1) is 9.27. The average molecular weight is 262 g/mol. The van der Waals surface area contributed by atoms with Crippen LogP contribution in [0.2, 0.25) is 0 Å². The van der Waals surface area contributed by atoms with Gasteiger partial charge in [-0.25, -0.2) is 0 Å². The van der Waals surface area contributed by atoms with Gasteiger partial charge in [0, 0.05) is 19.2 Å². The summed E-state index contributed by atoms with van der Waals surface area (Å²) in [6, 6.07) is 9.22. The number of hydrogen-bond donors (Lipinski definition) is 2. The summed E-state index contributed by atoms with van der Waals surface area (Å²) < 4.78 is 5.57. The molecule has 3 nitrogen and oxygen atoms in total. The van der Waals surface area contributed by atoms with Crippen LogP contribution in [-0.4, -0.2) is 25.8 Å². The molecule has 0 aromatic heterocycles. The first kappa shape index (κ1) is 14.5. The molecular weight excluding hydrogens is 236 g/mol. The van der Waals surface area contributed by atoms with E-state index in [2.05, 4.69) is 48.7 Å². The van der Waals surface area contributed by atoms with Gasteiger partial charge in [-0.15, -0.1) is 0 Å². The maximum atomic E-state index is 5.57. The van der Waals surface area contributed by atoms with Crippen LogP contribution in [0.15, 0.2) is 24.3 Å². The fourth-order valence-corrected chi connectivity index (χ4v) is 2.54. The highest BCUT2D eigenvalue weighted by Crippen LogP contribution is 2.23. The van der Waals surface area contributed by atoms with Crippen LogP contribution < -0.4 is 10.6 Å². The predicted octanol–water partition coefficient (Wildman–Crippen LogP) is 2.63. The molecule has 1 heterocycles. The van der Waals surface area contributed by atoms with Crippen molar-refractivity contribution in [3.8, 4) is 0 Å². The van der Waals surface area contributed by atoms with E-state index in [1.165, 1.54) is 11.1 Å². The van der Waals surface area contributed by atoms with Gasteiger partial charge in [0.25, 0.3) is 0 Å². The second kappa shape index (κ2) is 7.63. The molecule has 0 bridgehead atoms. The molecule has 0 fully saturated rings. The van der Waals surface area contributed by atoms with Crippen LogP contribution in [0.5, 0.6) is 0 Å². The Morgan fingerprint density at radius 2 is 2.21 bits per heavy atom. The number of hydrogen-bond acceptors (Lipinski definition) is 3. The zero-order chi connectivity index (χ0) is 13.5. The normalized spacial score (nSPS) is 19.2.